The van der Waals surface area contributed by atoms with Crippen molar-refractivity contribution in [2.45, 2.75) is 6.61 Å². The molecule has 2 rings (SSSR count). The number of rotatable bonds is 4. The van der Waals surface area contributed by atoms with Gasteiger partial charge in [0.2, 0.25) is 0 Å². The first-order valence-electron chi connectivity index (χ1n) is 6.46. The topological polar surface area (TPSA) is 66.8 Å². The van der Waals surface area contributed by atoms with E-state index in [2.05, 4.69) is 0 Å². The average molecular weight is 303 g/mol. The molecule has 1 amide bonds. The van der Waals surface area contributed by atoms with E-state index in [1.54, 1.807) is 12.1 Å². The molecular weight excluding hydrogens is 289 g/mol. The van der Waals surface area contributed by atoms with Crippen LogP contribution in [0.1, 0.15) is 15.9 Å². The van der Waals surface area contributed by atoms with Crippen molar-refractivity contribution in [1.29, 1.82) is 0 Å². The van der Waals surface area contributed by atoms with Crippen LogP contribution in [0.3, 0.4) is 0 Å². The van der Waals surface area contributed by atoms with Crippen molar-refractivity contribution in [2.75, 3.05) is 11.9 Å². The molecule has 6 heteroatoms. The lowest BCUT2D eigenvalue weighted by Crippen LogP contribution is -2.28. The lowest BCUT2D eigenvalue weighted by atomic mass is 10.1. The Morgan fingerprint density at radius 2 is 1.86 bits per heavy atom. The first-order valence-corrected chi connectivity index (χ1v) is 6.46. The number of benzene rings is 2. The lowest BCUT2D eigenvalue weighted by Gasteiger charge is -2.19. The molecule has 0 radical (unpaired) electrons. The summed E-state index contributed by atoms with van der Waals surface area (Å²) < 4.78 is 18.3. The number of nitrogens with zero attached hydrogens (tertiary/aromatic N) is 1. The standard InChI is InChI=1S/C16H14FNO4/c1-18(14-8-7-12(17)9-13(14)15(19)20)16(21)22-10-11-5-3-2-4-6-11/h2-9H,10H2,1H3,(H,19,20). The van der Waals surface area contributed by atoms with Crippen LogP contribution in [0.5, 0.6) is 0 Å². The van der Waals surface area contributed by atoms with E-state index in [1.807, 2.05) is 18.2 Å². The molecule has 0 saturated heterocycles. The molecule has 0 aromatic heterocycles. The Balaban J connectivity index is 2.12. The van der Waals surface area contributed by atoms with Gasteiger partial charge in [-0.2, -0.15) is 0 Å². The van der Waals surface area contributed by atoms with Crippen LogP contribution >= 0.6 is 0 Å². The van der Waals surface area contributed by atoms with E-state index in [1.165, 1.54) is 13.1 Å². The summed E-state index contributed by atoms with van der Waals surface area (Å²) in [6, 6.07) is 12.2. The summed E-state index contributed by atoms with van der Waals surface area (Å²) in [5.41, 5.74) is 0.563. The van der Waals surface area contributed by atoms with Crippen molar-refractivity contribution in [3.63, 3.8) is 0 Å². The predicted octanol–water partition coefficient (Wildman–Crippen LogP) is 3.30. The maximum atomic E-state index is 13.1. The molecule has 0 unspecified atom stereocenters. The highest BCUT2D eigenvalue weighted by Gasteiger charge is 2.20. The van der Waals surface area contributed by atoms with E-state index < -0.39 is 17.9 Å². The van der Waals surface area contributed by atoms with E-state index in [0.29, 0.717) is 0 Å². The summed E-state index contributed by atoms with van der Waals surface area (Å²) in [4.78, 5) is 24.2. The molecule has 1 N–H and O–H groups in total. The number of carboxylic acid groups (broad SMARTS) is 1. The van der Waals surface area contributed by atoms with Crippen LogP contribution < -0.4 is 4.90 Å². The number of carboxylic acids is 1. The molecule has 5 nitrogen and oxygen atoms in total. The fourth-order valence-corrected chi connectivity index (χ4v) is 1.89. The number of carbonyl (C=O) groups excluding carboxylic acids is 1. The smallest absolute Gasteiger partial charge is 0.414 e. The SMILES string of the molecule is CN(C(=O)OCc1ccccc1)c1ccc(F)cc1C(=O)O. The van der Waals surface area contributed by atoms with Crippen molar-refractivity contribution in [3.8, 4) is 0 Å². The Kier molecular flexibility index (Phi) is 4.73. The van der Waals surface area contributed by atoms with Gasteiger partial charge in [-0.3, -0.25) is 4.90 Å². The van der Waals surface area contributed by atoms with Gasteiger partial charge < -0.3 is 9.84 Å². The highest BCUT2D eigenvalue weighted by atomic mass is 19.1. The van der Waals surface area contributed by atoms with Gasteiger partial charge in [-0.1, -0.05) is 30.3 Å². The molecule has 0 heterocycles. The Bertz CT molecular complexity index is 688. The molecule has 114 valence electrons. The number of hydrogen-bond donors (Lipinski definition) is 1. The van der Waals surface area contributed by atoms with Gasteiger partial charge in [0.05, 0.1) is 11.3 Å². The van der Waals surface area contributed by atoms with Crippen LogP contribution in [-0.4, -0.2) is 24.2 Å². The van der Waals surface area contributed by atoms with Crippen LogP contribution in [-0.2, 0) is 11.3 Å². The van der Waals surface area contributed by atoms with Gasteiger partial charge in [-0.25, -0.2) is 14.0 Å². The zero-order chi connectivity index (χ0) is 16.1. The molecule has 0 bridgehead atoms. The minimum absolute atomic E-state index is 0.0620. The van der Waals surface area contributed by atoms with Gasteiger partial charge in [-0.15, -0.1) is 0 Å². The maximum Gasteiger partial charge on any atom is 0.414 e. The number of anilines is 1. The van der Waals surface area contributed by atoms with Gasteiger partial charge in [0.25, 0.3) is 0 Å². The normalized spacial score (nSPS) is 10.1. The van der Waals surface area contributed by atoms with Gasteiger partial charge in [-0.05, 0) is 23.8 Å². The fraction of sp³-hybridized carbons (Fsp3) is 0.125. The molecule has 0 saturated carbocycles. The molecule has 0 aliphatic rings. The summed E-state index contributed by atoms with van der Waals surface area (Å²) in [5, 5.41) is 9.08. The molecule has 0 aliphatic carbocycles. The van der Waals surface area contributed by atoms with Crippen LogP contribution in [0.4, 0.5) is 14.9 Å². The number of ether oxygens (including phenoxy) is 1. The van der Waals surface area contributed by atoms with Crippen LogP contribution in [0.15, 0.2) is 48.5 Å². The highest BCUT2D eigenvalue weighted by molar-refractivity contribution is 5.99. The van der Waals surface area contributed by atoms with Crippen molar-refractivity contribution in [1.82, 2.24) is 0 Å². The maximum absolute atomic E-state index is 13.1. The molecule has 0 fully saturated rings. The van der Waals surface area contributed by atoms with Gasteiger partial charge in [0, 0.05) is 7.05 Å². The molecule has 22 heavy (non-hydrogen) atoms. The molecule has 0 aliphatic heterocycles. The van der Waals surface area contributed by atoms with Crippen LogP contribution in [0.2, 0.25) is 0 Å². The zero-order valence-electron chi connectivity index (χ0n) is 11.8. The third-order valence-corrected chi connectivity index (χ3v) is 3.03. The van der Waals surface area contributed by atoms with E-state index in [0.717, 1.165) is 22.6 Å². The third-order valence-electron chi connectivity index (χ3n) is 3.03. The Hall–Kier alpha value is -2.89. The summed E-state index contributed by atoms with van der Waals surface area (Å²) in [7, 11) is 1.37. The summed E-state index contributed by atoms with van der Waals surface area (Å²) >= 11 is 0. The first kappa shape index (κ1) is 15.5. The number of carbonyl (C=O) groups is 2. The Morgan fingerprint density at radius 3 is 2.50 bits per heavy atom. The molecule has 0 spiro atoms. The Labute approximate surface area is 126 Å². The van der Waals surface area contributed by atoms with E-state index >= 15 is 0 Å². The summed E-state index contributed by atoms with van der Waals surface area (Å²) in [6.07, 6.45) is -0.724. The number of hydrogen-bond acceptors (Lipinski definition) is 3. The minimum atomic E-state index is -1.32. The minimum Gasteiger partial charge on any atom is -0.478 e. The second kappa shape index (κ2) is 6.71. The van der Waals surface area contributed by atoms with Crippen LogP contribution in [0, 0.1) is 5.82 Å². The van der Waals surface area contributed by atoms with Gasteiger partial charge >= 0.3 is 12.1 Å². The molecule has 0 atom stereocenters. The third kappa shape index (κ3) is 3.60. The van der Waals surface area contributed by atoms with Gasteiger partial charge in [0.15, 0.2) is 0 Å². The number of halogens is 1. The quantitative estimate of drug-likeness (QED) is 0.941. The molecular formula is C16H14FNO4. The van der Waals surface area contributed by atoms with Crippen molar-refractivity contribution in [2.24, 2.45) is 0 Å². The monoisotopic (exact) mass is 303 g/mol. The van der Waals surface area contributed by atoms with Crippen LogP contribution in [0.25, 0.3) is 0 Å². The first-order chi connectivity index (χ1) is 10.5. The molecule has 2 aromatic rings. The lowest BCUT2D eigenvalue weighted by molar-refractivity contribution is 0.0697. The van der Waals surface area contributed by atoms with Crippen molar-refractivity contribution < 1.29 is 23.8 Å². The predicted molar refractivity (Wildman–Crippen MR) is 78.4 cm³/mol. The summed E-state index contributed by atoms with van der Waals surface area (Å²) in [5.74, 6) is -2.01. The largest absolute Gasteiger partial charge is 0.478 e. The van der Waals surface area contributed by atoms with E-state index in [9.17, 15) is 14.0 Å². The fourth-order valence-electron chi connectivity index (χ4n) is 1.89. The van der Waals surface area contributed by atoms with Crippen molar-refractivity contribution in [3.05, 3.63) is 65.5 Å². The van der Waals surface area contributed by atoms with E-state index in [-0.39, 0.29) is 17.9 Å². The summed E-state index contributed by atoms with van der Waals surface area (Å²) in [6.45, 7) is 0.0631. The molecule has 2 aromatic carbocycles. The van der Waals surface area contributed by atoms with Gasteiger partial charge in [0.1, 0.15) is 12.4 Å². The average Bonchev–Trinajstić information content (AvgIpc) is 2.52. The highest BCUT2D eigenvalue weighted by Crippen LogP contribution is 2.21. The Morgan fingerprint density at radius 1 is 1.18 bits per heavy atom. The zero-order valence-corrected chi connectivity index (χ0v) is 11.8. The number of amides is 1. The van der Waals surface area contributed by atoms with E-state index in [4.69, 9.17) is 9.84 Å². The second-order valence-electron chi connectivity index (χ2n) is 4.57. The number of aromatic carboxylic acids is 1. The second-order valence-corrected chi connectivity index (χ2v) is 4.57. The van der Waals surface area contributed by atoms with Crippen molar-refractivity contribution >= 4 is 17.7 Å².